The zero-order valence-electron chi connectivity index (χ0n) is 27.9. The molecule has 6 aromatic carbocycles. The van der Waals surface area contributed by atoms with Gasteiger partial charge < -0.3 is 18.0 Å². The molecule has 9 heteroatoms. The molecule has 0 aliphatic heterocycles. The van der Waals surface area contributed by atoms with E-state index < -0.39 is 0 Å². The van der Waals surface area contributed by atoms with E-state index in [4.69, 9.17) is 8.83 Å². The van der Waals surface area contributed by atoms with Crippen molar-refractivity contribution >= 4 is 54.9 Å². The number of benzene rings is 6. The van der Waals surface area contributed by atoms with Crippen molar-refractivity contribution in [2.24, 2.45) is 0 Å². The highest BCUT2D eigenvalue weighted by Gasteiger charge is 2.18. The molecule has 0 N–H and O–H groups in total. The number of nitrogens with zero attached hydrogens (tertiary/aromatic N) is 6. The molecule has 0 radical (unpaired) electrons. The van der Waals surface area contributed by atoms with E-state index >= 15 is 0 Å². The Hall–Kier alpha value is -7.10. The molecule has 0 atom stereocenters. The lowest BCUT2D eigenvalue weighted by atomic mass is 10.2. The lowest BCUT2D eigenvalue weighted by Gasteiger charge is -2.08. The maximum Gasteiger partial charge on any atom is 0.258 e. The Morgan fingerprint density at radius 1 is 0.340 bits per heavy atom. The molecule has 0 aliphatic rings. The minimum atomic E-state index is 0.433. The third kappa shape index (κ3) is 4.75. The molecule has 250 valence electrons. The summed E-state index contributed by atoms with van der Waals surface area (Å²) in [6.07, 6.45) is 0. The van der Waals surface area contributed by atoms with Crippen molar-refractivity contribution in [1.29, 1.82) is 0 Å². The van der Waals surface area contributed by atoms with Crippen LogP contribution in [-0.4, -0.2) is 29.5 Å². The fraction of sp³-hybridized carbons (Fsp3) is 0. The van der Waals surface area contributed by atoms with E-state index in [1.54, 1.807) is 0 Å². The molecule has 11 aromatic rings. The van der Waals surface area contributed by atoms with Crippen LogP contribution in [-0.2, 0) is 0 Å². The molecule has 0 bridgehead atoms. The van der Waals surface area contributed by atoms with Crippen LogP contribution in [0.1, 0.15) is 0 Å². The van der Waals surface area contributed by atoms with Gasteiger partial charge in [0, 0.05) is 44.0 Å². The topological polar surface area (TPSA) is 87.7 Å². The number of fused-ring (bicyclic) bond motifs is 6. The Labute approximate surface area is 305 Å². The fourth-order valence-corrected chi connectivity index (χ4v) is 8.20. The number of para-hydroxylation sites is 4. The number of hydrogen-bond acceptors (Lipinski definition) is 7. The monoisotopic (exact) mass is 702 g/mol. The van der Waals surface area contributed by atoms with Crippen molar-refractivity contribution in [2.45, 2.75) is 0 Å². The van der Waals surface area contributed by atoms with Gasteiger partial charge in [0.1, 0.15) is 0 Å². The first-order valence-corrected chi connectivity index (χ1v) is 18.0. The Bertz CT molecular complexity index is 2810. The molecule has 8 nitrogen and oxygen atoms in total. The number of aromatic nitrogens is 6. The van der Waals surface area contributed by atoms with Gasteiger partial charge in [0.05, 0.1) is 31.8 Å². The molecule has 11 rings (SSSR count). The smallest absolute Gasteiger partial charge is 0.258 e. The van der Waals surface area contributed by atoms with Crippen LogP contribution in [0.3, 0.4) is 0 Å². The zero-order chi connectivity index (χ0) is 34.9. The second-order valence-electron chi connectivity index (χ2n) is 12.8. The molecule has 0 spiro atoms. The SMILES string of the molecule is c1ccc2c(c1)c1ccccc1n2-c1ccc(-c2nnc(-c3ccc(-c4nnc(-c5ccc(-n6c7ccccc7c7ccccc76)cc5)o4)s3)o2)cc1. The first kappa shape index (κ1) is 29.6. The van der Waals surface area contributed by atoms with Gasteiger partial charge in [0.15, 0.2) is 0 Å². The van der Waals surface area contributed by atoms with Gasteiger partial charge >= 0.3 is 0 Å². The van der Waals surface area contributed by atoms with Crippen LogP contribution < -0.4 is 0 Å². The maximum atomic E-state index is 6.16. The molecule has 0 saturated carbocycles. The highest BCUT2D eigenvalue weighted by molar-refractivity contribution is 7.18. The van der Waals surface area contributed by atoms with Crippen LogP contribution in [0.25, 0.3) is 99.4 Å². The lowest BCUT2D eigenvalue weighted by molar-refractivity contribution is 0.586. The van der Waals surface area contributed by atoms with Crippen LogP contribution in [0, 0.1) is 0 Å². The molecule has 5 heterocycles. The summed E-state index contributed by atoms with van der Waals surface area (Å²) >= 11 is 1.46. The number of hydrogen-bond donors (Lipinski definition) is 0. The summed E-state index contributed by atoms with van der Waals surface area (Å²) in [5.41, 5.74) is 8.47. The van der Waals surface area contributed by atoms with E-state index in [0.29, 0.717) is 23.6 Å². The fourth-order valence-electron chi connectivity index (χ4n) is 7.35. The average molecular weight is 703 g/mol. The van der Waals surface area contributed by atoms with E-state index in [-0.39, 0.29) is 0 Å². The Kier molecular flexibility index (Phi) is 6.55. The van der Waals surface area contributed by atoms with Crippen LogP contribution in [0.4, 0.5) is 0 Å². The third-order valence-electron chi connectivity index (χ3n) is 9.78. The highest BCUT2D eigenvalue weighted by Crippen LogP contribution is 2.37. The van der Waals surface area contributed by atoms with Crippen molar-refractivity contribution in [1.82, 2.24) is 29.5 Å². The summed E-state index contributed by atoms with van der Waals surface area (Å²) in [7, 11) is 0. The summed E-state index contributed by atoms with van der Waals surface area (Å²) in [6.45, 7) is 0. The Balaban J connectivity index is 0.841. The lowest BCUT2D eigenvalue weighted by Crippen LogP contribution is -1.93. The Morgan fingerprint density at radius 3 is 1.02 bits per heavy atom. The highest BCUT2D eigenvalue weighted by atomic mass is 32.1. The number of rotatable bonds is 6. The first-order chi connectivity index (χ1) is 26.3. The predicted octanol–water partition coefficient (Wildman–Crippen LogP) is 11.4. The zero-order valence-corrected chi connectivity index (χ0v) is 28.7. The molecule has 0 fully saturated rings. The summed E-state index contributed by atoms with van der Waals surface area (Å²) in [4.78, 5) is 1.63. The summed E-state index contributed by atoms with van der Waals surface area (Å²) in [6, 6.07) is 54.2. The van der Waals surface area contributed by atoms with Gasteiger partial charge in [0.2, 0.25) is 11.8 Å². The van der Waals surface area contributed by atoms with Gasteiger partial charge in [-0.25, -0.2) is 0 Å². The van der Waals surface area contributed by atoms with Crippen molar-refractivity contribution < 1.29 is 8.83 Å². The van der Waals surface area contributed by atoms with Crippen LogP contribution in [0.5, 0.6) is 0 Å². The van der Waals surface area contributed by atoms with E-state index in [1.807, 2.05) is 36.4 Å². The second-order valence-corrected chi connectivity index (χ2v) is 13.9. The number of thiophene rings is 1. The van der Waals surface area contributed by atoms with Crippen LogP contribution >= 0.6 is 11.3 Å². The molecular weight excluding hydrogens is 677 g/mol. The van der Waals surface area contributed by atoms with E-state index in [9.17, 15) is 0 Å². The van der Waals surface area contributed by atoms with Crippen LogP contribution in [0.15, 0.2) is 167 Å². The predicted molar refractivity (Wildman–Crippen MR) is 210 cm³/mol. The molecule has 5 aromatic heterocycles. The van der Waals surface area contributed by atoms with E-state index in [0.717, 1.165) is 54.3 Å². The first-order valence-electron chi connectivity index (χ1n) is 17.2. The molecule has 0 amide bonds. The molecule has 0 unspecified atom stereocenters. The normalized spacial score (nSPS) is 11.8. The van der Waals surface area contributed by atoms with Crippen molar-refractivity contribution in [3.05, 3.63) is 158 Å². The van der Waals surface area contributed by atoms with Gasteiger partial charge in [-0.15, -0.1) is 31.7 Å². The summed E-state index contributed by atoms with van der Waals surface area (Å²) < 4.78 is 16.9. The quantitative estimate of drug-likeness (QED) is 0.171. The second kappa shape index (κ2) is 11.7. The van der Waals surface area contributed by atoms with Gasteiger partial charge in [0.25, 0.3) is 11.8 Å². The summed E-state index contributed by atoms with van der Waals surface area (Å²) in [5, 5.41) is 22.4. The molecule has 53 heavy (non-hydrogen) atoms. The molecule has 0 saturated heterocycles. The van der Waals surface area contributed by atoms with Crippen molar-refractivity contribution in [3.8, 4) is 55.8 Å². The van der Waals surface area contributed by atoms with Gasteiger partial charge in [-0.05, 0) is 84.9 Å². The maximum absolute atomic E-state index is 6.16. The average Bonchev–Trinajstić information content (AvgIpc) is 4.07. The Morgan fingerprint density at radius 2 is 0.660 bits per heavy atom. The van der Waals surface area contributed by atoms with Gasteiger partial charge in [-0.2, -0.15) is 0 Å². The van der Waals surface area contributed by atoms with E-state index in [2.05, 4.69) is 151 Å². The standard InChI is InChI=1S/C44H26N6O2S/c1-5-13-35-31(9-1)32-10-2-6-14-36(32)49(35)29-21-17-27(18-22-29)41-45-47-43(51-41)39-25-26-40(53-39)44-48-46-42(52-44)28-19-23-30(24-20-28)50-37-15-7-3-11-33(37)34-12-4-8-16-38(34)50/h1-26H. The van der Waals surface area contributed by atoms with E-state index in [1.165, 1.54) is 32.9 Å². The van der Waals surface area contributed by atoms with Gasteiger partial charge in [-0.1, -0.05) is 72.8 Å². The largest absolute Gasteiger partial charge is 0.415 e. The van der Waals surface area contributed by atoms with Gasteiger partial charge in [-0.3, -0.25) is 0 Å². The van der Waals surface area contributed by atoms with Crippen LogP contribution in [0.2, 0.25) is 0 Å². The molecular formula is C44H26N6O2S. The van der Waals surface area contributed by atoms with Crippen molar-refractivity contribution in [2.75, 3.05) is 0 Å². The minimum absolute atomic E-state index is 0.433. The van der Waals surface area contributed by atoms with Crippen molar-refractivity contribution in [3.63, 3.8) is 0 Å². The minimum Gasteiger partial charge on any atom is -0.415 e. The molecule has 0 aliphatic carbocycles. The third-order valence-corrected chi connectivity index (χ3v) is 10.8. The summed E-state index contributed by atoms with van der Waals surface area (Å²) in [5.74, 6) is 1.77.